The van der Waals surface area contributed by atoms with E-state index in [-0.39, 0.29) is 17.9 Å². The van der Waals surface area contributed by atoms with Crippen LogP contribution in [-0.4, -0.2) is 24.2 Å². The number of carbonyl (C=O) groups is 1. The van der Waals surface area contributed by atoms with Crippen molar-refractivity contribution in [2.45, 2.75) is 77.9 Å². The van der Waals surface area contributed by atoms with Crippen LogP contribution in [0.5, 0.6) is 0 Å². The summed E-state index contributed by atoms with van der Waals surface area (Å²) in [4.78, 5) is 12.9. The molecule has 1 aromatic rings. The summed E-state index contributed by atoms with van der Waals surface area (Å²) in [6.07, 6.45) is 6.74. The molecule has 3 N–H and O–H groups in total. The number of aryl methyl sites for hydroxylation is 1. The monoisotopic (exact) mass is 360 g/mol. The van der Waals surface area contributed by atoms with Crippen LogP contribution in [0.15, 0.2) is 24.3 Å². The summed E-state index contributed by atoms with van der Waals surface area (Å²) in [5.41, 5.74) is 8.44. The lowest BCUT2D eigenvalue weighted by molar-refractivity contribution is -0.163. The molecule has 0 aromatic heterocycles. The van der Waals surface area contributed by atoms with Gasteiger partial charge in [-0.2, -0.15) is 0 Å². The molecular weight excluding hydrogens is 324 g/mol. The molecule has 1 unspecified atom stereocenters. The van der Waals surface area contributed by atoms with Gasteiger partial charge in [0, 0.05) is 18.3 Å². The van der Waals surface area contributed by atoms with Gasteiger partial charge in [0.25, 0.3) is 0 Å². The van der Waals surface area contributed by atoms with Crippen molar-refractivity contribution >= 4 is 11.7 Å². The first-order valence-electron chi connectivity index (χ1n) is 10.1. The maximum Gasteiger partial charge on any atom is 0.311 e. The zero-order valence-electron chi connectivity index (χ0n) is 16.9. The first-order chi connectivity index (χ1) is 12.3. The molecule has 0 heterocycles. The van der Waals surface area contributed by atoms with Crippen LogP contribution in [0.3, 0.4) is 0 Å². The first kappa shape index (κ1) is 20.8. The minimum absolute atomic E-state index is 0.137. The van der Waals surface area contributed by atoms with Crippen molar-refractivity contribution < 1.29 is 9.53 Å². The molecule has 2 atom stereocenters. The minimum Gasteiger partial charge on any atom is -0.460 e. The molecule has 4 nitrogen and oxygen atoms in total. The highest BCUT2D eigenvalue weighted by atomic mass is 16.6. The Morgan fingerprint density at radius 3 is 2.50 bits per heavy atom. The van der Waals surface area contributed by atoms with Crippen molar-refractivity contribution in [3.63, 3.8) is 0 Å². The molecule has 1 aromatic carbocycles. The molecule has 1 fully saturated rings. The number of carbonyl (C=O) groups excluding carboxylic acids is 1. The highest BCUT2D eigenvalue weighted by Gasteiger charge is 2.37. The number of esters is 1. The Morgan fingerprint density at radius 2 is 1.88 bits per heavy atom. The number of rotatable bonds is 7. The van der Waals surface area contributed by atoms with Gasteiger partial charge in [-0.15, -0.1) is 0 Å². The van der Waals surface area contributed by atoms with E-state index in [4.69, 9.17) is 10.5 Å². The van der Waals surface area contributed by atoms with Crippen LogP contribution in [0.4, 0.5) is 5.69 Å². The number of nitrogens with one attached hydrogen (secondary N) is 1. The average Bonchev–Trinajstić information content (AvgIpc) is 2.59. The Labute approximate surface area is 158 Å². The summed E-state index contributed by atoms with van der Waals surface area (Å²) in [7, 11) is 0. The van der Waals surface area contributed by atoms with Gasteiger partial charge in [-0.3, -0.25) is 4.79 Å². The topological polar surface area (TPSA) is 64.3 Å². The fourth-order valence-corrected chi connectivity index (χ4v) is 3.94. The number of anilines is 1. The van der Waals surface area contributed by atoms with E-state index in [1.54, 1.807) is 0 Å². The van der Waals surface area contributed by atoms with Crippen LogP contribution in [0.2, 0.25) is 0 Å². The van der Waals surface area contributed by atoms with E-state index in [0.717, 1.165) is 24.9 Å². The highest BCUT2D eigenvalue weighted by Crippen LogP contribution is 2.33. The lowest BCUT2D eigenvalue weighted by Crippen LogP contribution is -2.47. The molecule has 146 valence electrons. The molecule has 0 bridgehead atoms. The smallest absolute Gasteiger partial charge is 0.311 e. The Hall–Kier alpha value is -1.55. The maximum absolute atomic E-state index is 12.9. The zero-order valence-corrected chi connectivity index (χ0v) is 16.9. The van der Waals surface area contributed by atoms with Crippen molar-refractivity contribution in [1.82, 2.24) is 0 Å². The van der Waals surface area contributed by atoms with Gasteiger partial charge in [0.15, 0.2) is 0 Å². The summed E-state index contributed by atoms with van der Waals surface area (Å²) in [5.74, 6) is -0.0462. The van der Waals surface area contributed by atoms with Crippen molar-refractivity contribution in [3.8, 4) is 0 Å². The zero-order chi connectivity index (χ0) is 19.2. The third kappa shape index (κ3) is 6.01. The van der Waals surface area contributed by atoms with E-state index in [1.807, 2.05) is 26.8 Å². The van der Waals surface area contributed by atoms with E-state index >= 15 is 0 Å². The fraction of sp³-hybridized carbons (Fsp3) is 0.682. The van der Waals surface area contributed by atoms with E-state index < -0.39 is 5.60 Å². The second kappa shape index (κ2) is 9.40. The van der Waals surface area contributed by atoms with Gasteiger partial charge in [0.1, 0.15) is 5.60 Å². The third-order valence-electron chi connectivity index (χ3n) is 5.22. The summed E-state index contributed by atoms with van der Waals surface area (Å²) >= 11 is 0. The molecular formula is C22H36N2O2. The van der Waals surface area contributed by atoms with E-state index in [1.165, 1.54) is 24.8 Å². The number of ether oxygens (including phenoxy) is 1. The molecule has 0 radical (unpaired) electrons. The normalized spacial score (nSPS) is 18.2. The van der Waals surface area contributed by atoms with E-state index in [0.29, 0.717) is 12.5 Å². The number of hydrogen-bond acceptors (Lipinski definition) is 4. The summed E-state index contributed by atoms with van der Waals surface area (Å²) in [5, 5.41) is 3.47. The lowest BCUT2D eigenvalue weighted by Gasteiger charge is -2.34. The van der Waals surface area contributed by atoms with Crippen molar-refractivity contribution in [2.24, 2.45) is 17.6 Å². The lowest BCUT2D eigenvalue weighted by atomic mass is 9.76. The molecule has 4 heteroatoms. The Morgan fingerprint density at radius 1 is 1.23 bits per heavy atom. The second-order valence-corrected chi connectivity index (χ2v) is 8.51. The largest absolute Gasteiger partial charge is 0.460 e. The SMILES string of the molecule is CCc1ccccc1NC[C@@H](N)C(C(=O)OC(C)(C)C)C1CCCCC1. The molecule has 0 spiro atoms. The number of nitrogens with two attached hydrogens (primary N) is 1. The number of para-hydroxylation sites is 1. The third-order valence-corrected chi connectivity index (χ3v) is 5.22. The van der Waals surface area contributed by atoms with Crippen molar-refractivity contribution in [2.75, 3.05) is 11.9 Å². The Bertz CT molecular complexity index is 574. The predicted octanol–water partition coefficient (Wildman–Crippen LogP) is 4.53. The van der Waals surface area contributed by atoms with Crippen molar-refractivity contribution in [3.05, 3.63) is 29.8 Å². The Balaban J connectivity index is 2.08. The standard InChI is InChI=1S/C22H36N2O2/c1-5-16-11-9-10-14-19(16)24-15-18(23)20(17-12-7-6-8-13-17)21(25)26-22(2,3)4/h9-11,14,17-18,20,24H,5-8,12-13,15,23H2,1-4H3/t18-,20?/m1/s1. The molecule has 1 aliphatic carbocycles. The van der Waals surface area contributed by atoms with E-state index in [2.05, 4.69) is 30.4 Å². The Kier molecular flexibility index (Phi) is 7.51. The molecule has 0 saturated heterocycles. The molecule has 0 aliphatic heterocycles. The number of benzene rings is 1. The van der Waals surface area contributed by atoms with Crippen LogP contribution in [0.1, 0.15) is 65.4 Å². The summed E-state index contributed by atoms with van der Waals surface area (Å²) < 4.78 is 5.72. The quantitative estimate of drug-likeness (QED) is 0.701. The molecule has 2 rings (SSSR count). The minimum atomic E-state index is -0.480. The van der Waals surface area contributed by atoms with E-state index in [9.17, 15) is 4.79 Å². The van der Waals surface area contributed by atoms with Crippen LogP contribution in [-0.2, 0) is 16.0 Å². The second-order valence-electron chi connectivity index (χ2n) is 8.51. The van der Waals surface area contributed by atoms with Crippen LogP contribution >= 0.6 is 0 Å². The summed E-state index contributed by atoms with van der Waals surface area (Å²) in [6.45, 7) is 8.49. The van der Waals surface area contributed by atoms with Gasteiger partial charge >= 0.3 is 5.97 Å². The predicted molar refractivity (Wildman–Crippen MR) is 108 cm³/mol. The summed E-state index contributed by atoms with van der Waals surface area (Å²) in [6, 6.07) is 8.03. The van der Waals surface area contributed by atoms with Gasteiger partial charge < -0.3 is 15.8 Å². The molecule has 1 saturated carbocycles. The van der Waals surface area contributed by atoms with Crippen LogP contribution in [0.25, 0.3) is 0 Å². The fourth-order valence-electron chi connectivity index (χ4n) is 3.94. The van der Waals surface area contributed by atoms with Gasteiger partial charge in [0.2, 0.25) is 0 Å². The van der Waals surface area contributed by atoms with Crippen LogP contribution in [0, 0.1) is 11.8 Å². The van der Waals surface area contributed by atoms with Gasteiger partial charge in [-0.25, -0.2) is 0 Å². The maximum atomic E-state index is 12.9. The highest BCUT2D eigenvalue weighted by molar-refractivity contribution is 5.74. The molecule has 26 heavy (non-hydrogen) atoms. The molecule has 1 aliphatic rings. The molecule has 0 amide bonds. The van der Waals surface area contributed by atoms with Crippen LogP contribution < -0.4 is 11.1 Å². The average molecular weight is 361 g/mol. The number of hydrogen-bond donors (Lipinski definition) is 2. The van der Waals surface area contributed by atoms with Crippen molar-refractivity contribution in [1.29, 1.82) is 0 Å². The van der Waals surface area contributed by atoms with Gasteiger partial charge in [-0.1, -0.05) is 44.4 Å². The van der Waals surface area contributed by atoms with Gasteiger partial charge in [0.05, 0.1) is 5.92 Å². The van der Waals surface area contributed by atoms with Gasteiger partial charge in [-0.05, 0) is 57.6 Å². The first-order valence-corrected chi connectivity index (χ1v) is 10.1.